The summed E-state index contributed by atoms with van der Waals surface area (Å²) in [5.74, 6) is -0.779. The Balaban J connectivity index is 1.57. The molecule has 174 valence electrons. The fourth-order valence-electron chi connectivity index (χ4n) is 3.90. The lowest BCUT2D eigenvalue weighted by Crippen LogP contribution is -2.33. The van der Waals surface area contributed by atoms with Crippen LogP contribution in [-0.2, 0) is 4.74 Å². The zero-order chi connectivity index (χ0) is 23.5. The van der Waals surface area contributed by atoms with Crippen LogP contribution in [0, 0.1) is 18.6 Å². The summed E-state index contributed by atoms with van der Waals surface area (Å²) in [6.07, 6.45) is 3.35. The number of hydrogen-bond donors (Lipinski definition) is 1. The van der Waals surface area contributed by atoms with Gasteiger partial charge in [0, 0.05) is 31.4 Å². The highest BCUT2D eigenvalue weighted by molar-refractivity contribution is 5.95. The van der Waals surface area contributed by atoms with Gasteiger partial charge >= 0.3 is 0 Å². The molecule has 3 aromatic rings. The second-order valence-corrected chi connectivity index (χ2v) is 8.12. The Hall–Kier alpha value is -3.40. The molecule has 0 spiro atoms. The number of benzene rings is 1. The number of nitrogens with one attached hydrogen (secondary N) is 1. The minimum absolute atomic E-state index is 0.0144. The first-order valence-electron chi connectivity index (χ1n) is 10.9. The summed E-state index contributed by atoms with van der Waals surface area (Å²) in [6, 6.07) is 4.26. The second kappa shape index (κ2) is 9.62. The highest BCUT2D eigenvalue weighted by Gasteiger charge is 2.21. The summed E-state index contributed by atoms with van der Waals surface area (Å²) < 4.78 is 36.6. The van der Waals surface area contributed by atoms with Gasteiger partial charge in [-0.25, -0.2) is 23.7 Å². The van der Waals surface area contributed by atoms with E-state index >= 15 is 0 Å². The summed E-state index contributed by atoms with van der Waals surface area (Å²) >= 11 is 0. The van der Waals surface area contributed by atoms with Crippen molar-refractivity contribution in [3.8, 4) is 11.4 Å². The van der Waals surface area contributed by atoms with Gasteiger partial charge in [0.05, 0.1) is 30.3 Å². The third kappa shape index (κ3) is 4.85. The number of aryl methyl sites for hydroxylation is 1. The van der Waals surface area contributed by atoms with E-state index < -0.39 is 11.6 Å². The highest BCUT2D eigenvalue weighted by Crippen LogP contribution is 2.27. The Morgan fingerprint density at radius 1 is 1.12 bits per heavy atom. The summed E-state index contributed by atoms with van der Waals surface area (Å²) in [7, 11) is 0. The molecule has 8 nitrogen and oxygen atoms in total. The van der Waals surface area contributed by atoms with Crippen molar-refractivity contribution in [2.45, 2.75) is 33.2 Å². The molecule has 4 rings (SSSR count). The smallest absolute Gasteiger partial charge is 0.256 e. The molecule has 3 heterocycles. The Morgan fingerprint density at radius 2 is 1.94 bits per heavy atom. The van der Waals surface area contributed by atoms with Crippen LogP contribution in [0.1, 0.15) is 42.5 Å². The molecule has 0 saturated carbocycles. The molecule has 0 unspecified atom stereocenters. The third-order valence-electron chi connectivity index (χ3n) is 5.45. The SMILES string of the molecule is Cc1ncc(-c2nc(Nc3ccc(C(=O)N4CCCOCC4)c(F)c3)ncc2F)n1C(C)C. The quantitative estimate of drug-likeness (QED) is 0.622. The first-order valence-corrected chi connectivity index (χ1v) is 10.9. The zero-order valence-electron chi connectivity index (χ0n) is 18.8. The minimum atomic E-state index is -0.661. The minimum Gasteiger partial charge on any atom is -0.380 e. The van der Waals surface area contributed by atoms with Crippen LogP contribution in [0.5, 0.6) is 0 Å². The second-order valence-electron chi connectivity index (χ2n) is 8.12. The van der Waals surface area contributed by atoms with Crippen LogP contribution in [0.4, 0.5) is 20.4 Å². The predicted octanol–water partition coefficient (Wildman–Crippen LogP) is 4.11. The molecule has 1 saturated heterocycles. The van der Waals surface area contributed by atoms with Crippen LogP contribution in [0.3, 0.4) is 0 Å². The fourth-order valence-corrected chi connectivity index (χ4v) is 3.90. The number of carbonyl (C=O) groups is 1. The van der Waals surface area contributed by atoms with E-state index in [1.54, 1.807) is 17.2 Å². The number of imidazole rings is 1. The molecule has 1 amide bonds. The lowest BCUT2D eigenvalue weighted by atomic mass is 10.1. The van der Waals surface area contributed by atoms with Crippen molar-refractivity contribution in [3.63, 3.8) is 0 Å². The van der Waals surface area contributed by atoms with Crippen LogP contribution in [0.25, 0.3) is 11.4 Å². The highest BCUT2D eigenvalue weighted by atomic mass is 19.1. The van der Waals surface area contributed by atoms with E-state index in [9.17, 15) is 13.6 Å². The topological polar surface area (TPSA) is 85.2 Å². The summed E-state index contributed by atoms with van der Waals surface area (Å²) in [5, 5.41) is 2.89. The number of rotatable bonds is 5. The maximum atomic E-state index is 14.8. The molecular weight excluding hydrogens is 430 g/mol. The van der Waals surface area contributed by atoms with Crippen molar-refractivity contribution >= 4 is 17.5 Å². The Bertz CT molecular complexity index is 1160. The Labute approximate surface area is 190 Å². The van der Waals surface area contributed by atoms with Crippen LogP contribution in [0.2, 0.25) is 0 Å². The largest absolute Gasteiger partial charge is 0.380 e. The van der Waals surface area contributed by atoms with Gasteiger partial charge in [-0.3, -0.25) is 4.79 Å². The molecule has 0 radical (unpaired) electrons. The molecule has 1 fully saturated rings. The first kappa shape index (κ1) is 22.8. The molecule has 10 heteroatoms. The lowest BCUT2D eigenvalue weighted by Gasteiger charge is -2.20. The van der Waals surface area contributed by atoms with E-state index in [2.05, 4.69) is 20.3 Å². The number of ether oxygens (including phenoxy) is 1. The van der Waals surface area contributed by atoms with Crippen molar-refractivity contribution in [2.75, 3.05) is 31.6 Å². The van der Waals surface area contributed by atoms with Crippen molar-refractivity contribution in [2.24, 2.45) is 0 Å². The van der Waals surface area contributed by atoms with Gasteiger partial charge in [-0.15, -0.1) is 0 Å². The number of halogens is 2. The molecule has 0 atom stereocenters. The summed E-state index contributed by atoms with van der Waals surface area (Å²) in [5.41, 5.74) is 0.949. The van der Waals surface area contributed by atoms with Crippen LogP contribution < -0.4 is 5.32 Å². The predicted molar refractivity (Wildman–Crippen MR) is 119 cm³/mol. The maximum Gasteiger partial charge on any atom is 0.256 e. The number of amides is 1. The molecule has 0 bridgehead atoms. The van der Waals surface area contributed by atoms with Gasteiger partial charge in [0.15, 0.2) is 5.82 Å². The Kier molecular flexibility index (Phi) is 6.64. The van der Waals surface area contributed by atoms with Crippen LogP contribution in [-0.4, -0.2) is 56.6 Å². The first-order chi connectivity index (χ1) is 15.8. The summed E-state index contributed by atoms with van der Waals surface area (Å²) in [4.78, 5) is 26.8. The average molecular weight is 456 g/mol. The maximum absolute atomic E-state index is 14.8. The molecule has 0 aliphatic carbocycles. The van der Waals surface area contributed by atoms with Crippen molar-refractivity contribution in [1.82, 2.24) is 24.4 Å². The van der Waals surface area contributed by atoms with Crippen LogP contribution in [0.15, 0.2) is 30.6 Å². The average Bonchev–Trinajstić information content (AvgIpc) is 2.97. The number of nitrogens with zero attached hydrogens (tertiary/aromatic N) is 5. The van der Waals surface area contributed by atoms with Gasteiger partial charge in [0.1, 0.15) is 17.3 Å². The lowest BCUT2D eigenvalue weighted by molar-refractivity contribution is 0.0736. The normalized spacial score (nSPS) is 14.4. The summed E-state index contributed by atoms with van der Waals surface area (Å²) in [6.45, 7) is 7.76. The molecule has 1 N–H and O–H groups in total. The van der Waals surface area contributed by atoms with Gasteiger partial charge in [-0.05, 0) is 45.4 Å². The van der Waals surface area contributed by atoms with E-state index in [0.717, 1.165) is 12.0 Å². The van der Waals surface area contributed by atoms with Crippen molar-refractivity contribution in [3.05, 3.63) is 53.6 Å². The molecule has 1 aliphatic rings. The number of anilines is 2. The number of aromatic nitrogens is 4. The van der Waals surface area contributed by atoms with Crippen molar-refractivity contribution in [1.29, 1.82) is 0 Å². The molecular formula is C23H26F2N6O2. The van der Waals surface area contributed by atoms with Gasteiger partial charge in [0.2, 0.25) is 5.95 Å². The van der Waals surface area contributed by atoms with Gasteiger partial charge in [-0.1, -0.05) is 0 Å². The molecule has 2 aromatic heterocycles. The van der Waals surface area contributed by atoms with E-state index in [1.807, 2.05) is 25.3 Å². The molecule has 1 aromatic carbocycles. The molecule has 1 aliphatic heterocycles. The number of carbonyl (C=O) groups excluding carboxylic acids is 1. The van der Waals surface area contributed by atoms with Crippen molar-refractivity contribution < 1.29 is 18.3 Å². The zero-order valence-corrected chi connectivity index (χ0v) is 18.8. The van der Waals surface area contributed by atoms with Gasteiger partial charge in [0.25, 0.3) is 5.91 Å². The van der Waals surface area contributed by atoms with Gasteiger partial charge in [-0.2, -0.15) is 0 Å². The monoisotopic (exact) mass is 456 g/mol. The molecule has 33 heavy (non-hydrogen) atoms. The van der Waals surface area contributed by atoms with E-state index in [0.29, 0.717) is 44.1 Å². The van der Waals surface area contributed by atoms with E-state index in [4.69, 9.17) is 4.74 Å². The fraction of sp³-hybridized carbons (Fsp3) is 0.391. The Morgan fingerprint density at radius 3 is 2.70 bits per heavy atom. The van der Waals surface area contributed by atoms with E-state index in [1.165, 1.54) is 12.1 Å². The van der Waals surface area contributed by atoms with Gasteiger partial charge < -0.3 is 19.5 Å². The van der Waals surface area contributed by atoms with E-state index in [-0.39, 0.29) is 29.2 Å². The standard InChI is InChI=1S/C23H26F2N6O2/c1-14(2)31-15(3)26-13-20(31)21-19(25)12-27-23(29-21)28-16-5-6-17(18(24)11-16)22(32)30-7-4-9-33-10-8-30/h5-6,11-14H,4,7-10H2,1-3H3,(H,27,28,29). The number of hydrogen-bond acceptors (Lipinski definition) is 6. The van der Waals surface area contributed by atoms with Crippen LogP contribution >= 0.6 is 0 Å². The third-order valence-corrected chi connectivity index (χ3v) is 5.45.